The van der Waals surface area contributed by atoms with Gasteiger partial charge in [0, 0.05) is 7.05 Å². The number of aliphatic hydroxyl groups is 1. The summed E-state index contributed by atoms with van der Waals surface area (Å²) in [5.41, 5.74) is 1.68. The van der Waals surface area contributed by atoms with E-state index in [9.17, 15) is 4.79 Å². The number of hydrogen-bond acceptors (Lipinski definition) is 3. The Morgan fingerprint density at radius 3 is 2.70 bits per heavy atom. The number of ether oxygens (including phenoxy) is 1. The van der Waals surface area contributed by atoms with Gasteiger partial charge in [-0.2, -0.15) is 0 Å². The molecule has 0 heterocycles. The van der Waals surface area contributed by atoms with Gasteiger partial charge in [-0.15, -0.1) is 0 Å². The molecule has 2 amide bonds. The third kappa shape index (κ3) is 4.47. The van der Waals surface area contributed by atoms with E-state index in [4.69, 9.17) is 9.84 Å². The van der Waals surface area contributed by atoms with Gasteiger partial charge in [0.2, 0.25) is 0 Å². The summed E-state index contributed by atoms with van der Waals surface area (Å²) in [6.07, 6.45) is 0. The fourth-order valence-electron chi connectivity index (χ4n) is 1.99. The van der Waals surface area contributed by atoms with E-state index in [2.05, 4.69) is 5.32 Å². The molecular weight excluding hydrogens is 292 g/mol. The Morgan fingerprint density at radius 2 is 2.00 bits per heavy atom. The zero-order chi connectivity index (χ0) is 16.8. The number of urea groups is 1. The van der Waals surface area contributed by atoms with Crippen LogP contribution < -0.4 is 10.1 Å². The first-order valence-electron chi connectivity index (χ1n) is 7.49. The average Bonchev–Trinajstić information content (AvgIpc) is 2.55. The molecule has 2 N–H and O–H groups in total. The normalized spacial score (nSPS) is 11.7. The summed E-state index contributed by atoms with van der Waals surface area (Å²) in [5, 5.41) is 12.0. The van der Waals surface area contributed by atoms with Gasteiger partial charge in [-0.1, -0.05) is 24.3 Å². The lowest BCUT2D eigenvalue weighted by atomic mass is 10.2. The number of aryl methyl sites for hydroxylation is 1. The summed E-state index contributed by atoms with van der Waals surface area (Å²) in [6, 6.07) is 14.4. The predicted octanol–water partition coefficient (Wildman–Crippen LogP) is 3.63. The lowest BCUT2D eigenvalue weighted by molar-refractivity contribution is 0.166. The SMILES string of the molecule is Cc1cccc(Oc2ccccc2NC(=O)N(C)C(C)CO)c1. The summed E-state index contributed by atoms with van der Waals surface area (Å²) in [5.74, 6) is 1.28. The van der Waals surface area contributed by atoms with Gasteiger partial charge < -0.3 is 20.1 Å². The van der Waals surface area contributed by atoms with Crippen molar-refractivity contribution in [2.24, 2.45) is 0 Å². The maximum absolute atomic E-state index is 12.2. The second-order valence-corrected chi connectivity index (χ2v) is 5.49. The molecule has 0 aliphatic carbocycles. The van der Waals surface area contributed by atoms with Gasteiger partial charge in [0.15, 0.2) is 5.75 Å². The first kappa shape index (κ1) is 16.8. The highest BCUT2D eigenvalue weighted by atomic mass is 16.5. The van der Waals surface area contributed by atoms with E-state index in [1.54, 1.807) is 26.1 Å². The van der Waals surface area contributed by atoms with E-state index in [1.165, 1.54) is 4.90 Å². The lowest BCUT2D eigenvalue weighted by Gasteiger charge is -2.24. The standard InChI is InChI=1S/C18H22N2O3/c1-13-7-6-8-15(11-13)23-17-10-5-4-9-16(17)19-18(22)20(3)14(2)12-21/h4-11,14,21H,12H2,1-3H3,(H,19,22). The van der Waals surface area contributed by atoms with Crippen LogP contribution in [0.1, 0.15) is 12.5 Å². The van der Waals surface area contributed by atoms with Gasteiger partial charge in [0.05, 0.1) is 18.3 Å². The average molecular weight is 314 g/mol. The van der Waals surface area contributed by atoms with Crippen molar-refractivity contribution in [2.75, 3.05) is 19.0 Å². The lowest BCUT2D eigenvalue weighted by Crippen LogP contribution is -2.40. The number of likely N-dealkylation sites (N-methyl/N-ethyl adjacent to an activating group) is 1. The Balaban J connectivity index is 2.16. The molecule has 5 nitrogen and oxygen atoms in total. The first-order valence-corrected chi connectivity index (χ1v) is 7.49. The Kier molecular flexibility index (Phi) is 5.60. The van der Waals surface area contributed by atoms with Crippen molar-refractivity contribution >= 4 is 11.7 Å². The minimum atomic E-state index is -0.299. The molecule has 0 aliphatic heterocycles. The summed E-state index contributed by atoms with van der Waals surface area (Å²) in [7, 11) is 1.64. The highest BCUT2D eigenvalue weighted by molar-refractivity contribution is 5.91. The third-order valence-corrected chi connectivity index (χ3v) is 3.59. The molecule has 1 unspecified atom stereocenters. The highest BCUT2D eigenvalue weighted by Gasteiger charge is 2.16. The fraction of sp³-hybridized carbons (Fsp3) is 0.278. The molecule has 0 bridgehead atoms. The second kappa shape index (κ2) is 7.65. The number of rotatable bonds is 5. The van der Waals surface area contributed by atoms with Crippen molar-refractivity contribution in [3.63, 3.8) is 0 Å². The van der Waals surface area contributed by atoms with Crippen LogP contribution in [0.2, 0.25) is 0 Å². The van der Waals surface area contributed by atoms with Crippen molar-refractivity contribution in [1.82, 2.24) is 4.90 Å². The van der Waals surface area contributed by atoms with Gasteiger partial charge >= 0.3 is 6.03 Å². The Morgan fingerprint density at radius 1 is 1.26 bits per heavy atom. The van der Waals surface area contributed by atoms with Crippen LogP contribution in [-0.4, -0.2) is 35.7 Å². The molecule has 2 aromatic carbocycles. The number of aliphatic hydroxyl groups excluding tert-OH is 1. The quantitative estimate of drug-likeness (QED) is 0.886. The topological polar surface area (TPSA) is 61.8 Å². The molecule has 2 rings (SSSR count). The number of carbonyl (C=O) groups is 1. The van der Waals surface area contributed by atoms with E-state index in [0.29, 0.717) is 17.2 Å². The van der Waals surface area contributed by atoms with Gasteiger partial charge in [-0.05, 0) is 43.7 Å². The third-order valence-electron chi connectivity index (χ3n) is 3.59. The van der Waals surface area contributed by atoms with E-state index in [0.717, 1.165) is 5.56 Å². The molecule has 122 valence electrons. The van der Waals surface area contributed by atoms with Gasteiger partial charge in [0.25, 0.3) is 0 Å². The summed E-state index contributed by atoms with van der Waals surface area (Å²) >= 11 is 0. The first-order chi connectivity index (χ1) is 11.0. The van der Waals surface area contributed by atoms with Crippen LogP contribution in [0.4, 0.5) is 10.5 Å². The van der Waals surface area contributed by atoms with Crippen molar-refractivity contribution in [3.8, 4) is 11.5 Å². The van der Waals surface area contributed by atoms with E-state index in [1.807, 2.05) is 43.3 Å². The number of nitrogens with one attached hydrogen (secondary N) is 1. The molecule has 0 aliphatic rings. The molecule has 0 saturated carbocycles. The van der Waals surface area contributed by atoms with Crippen LogP contribution in [0.5, 0.6) is 11.5 Å². The number of nitrogens with zero attached hydrogens (tertiary/aromatic N) is 1. The second-order valence-electron chi connectivity index (χ2n) is 5.49. The molecule has 2 aromatic rings. The Hall–Kier alpha value is -2.53. The zero-order valence-corrected chi connectivity index (χ0v) is 13.6. The van der Waals surface area contributed by atoms with Crippen LogP contribution in [0, 0.1) is 6.92 Å². The Labute approximate surface area is 136 Å². The zero-order valence-electron chi connectivity index (χ0n) is 13.6. The number of amides is 2. The summed E-state index contributed by atoms with van der Waals surface area (Å²) < 4.78 is 5.88. The molecule has 23 heavy (non-hydrogen) atoms. The smallest absolute Gasteiger partial charge is 0.322 e. The van der Waals surface area contributed by atoms with Crippen molar-refractivity contribution in [3.05, 3.63) is 54.1 Å². The van der Waals surface area contributed by atoms with E-state index < -0.39 is 0 Å². The molecule has 0 spiro atoms. The number of hydrogen-bond donors (Lipinski definition) is 2. The predicted molar refractivity (Wildman–Crippen MR) is 91.0 cm³/mol. The number of carbonyl (C=O) groups excluding carboxylic acids is 1. The minimum absolute atomic E-state index is 0.0919. The maximum Gasteiger partial charge on any atom is 0.322 e. The molecule has 0 fully saturated rings. The minimum Gasteiger partial charge on any atom is -0.455 e. The van der Waals surface area contributed by atoms with E-state index in [-0.39, 0.29) is 18.7 Å². The summed E-state index contributed by atoms with van der Waals surface area (Å²) in [6.45, 7) is 3.67. The van der Waals surface area contributed by atoms with Crippen molar-refractivity contribution in [1.29, 1.82) is 0 Å². The molecule has 0 radical (unpaired) electrons. The molecule has 5 heteroatoms. The highest BCUT2D eigenvalue weighted by Crippen LogP contribution is 2.29. The number of anilines is 1. The van der Waals surface area contributed by atoms with Gasteiger partial charge in [0.1, 0.15) is 5.75 Å². The molecular formula is C18H22N2O3. The monoisotopic (exact) mass is 314 g/mol. The van der Waals surface area contributed by atoms with Crippen LogP contribution in [0.15, 0.2) is 48.5 Å². The molecule has 0 aromatic heterocycles. The molecule has 1 atom stereocenters. The largest absolute Gasteiger partial charge is 0.455 e. The van der Waals surface area contributed by atoms with Crippen molar-refractivity contribution < 1.29 is 14.6 Å². The van der Waals surface area contributed by atoms with Crippen LogP contribution >= 0.6 is 0 Å². The van der Waals surface area contributed by atoms with E-state index >= 15 is 0 Å². The Bertz CT molecular complexity index is 673. The van der Waals surface area contributed by atoms with Crippen LogP contribution in [-0.2, 0) is 0 Å². The molecule has 0 saturated heterocycles. The summed E-state index contributed by atoms with van der Waals surface area (Å²) in [4.78, 5) is 13.7. The van der Waals surface area contributed by atoms with Gasteiger partial charge in [-0.3, -0.25) is 0 Å². The van der Waals surface area contributed by atoms with Crippen LogP contribution in [0.3, 0.4) is 0 Å². The van der Waals surface area contributed by atoms with Gasteiger partial charge in [-0.25, -0.2) is 4.79 Å². The maximum atomic E-state index is 12.2. The number of para-hydroxylation sites is 2. The fourth-order valence-corrected chi connectivity index (χ4v) is 1.99. The van der Waals surface area contributed by atoms with Crippen LogP contribution in [0.25, 0.3) is 0 Å². The number of benzene rings is 2. The van der Waals surface area contributed by atoms with Crippen molar-refractivity contribution in [2.45, 2.75) is 19.9 Å².